The number of nitrogens with zero attached hydrogens (tertiary/aromatic N) is 9. The van der Waals surface area contributed by atoms with Crippen molar-refractivity contribution in [1.29, 1.82) is 0 Å². The van der Waals surface area contributed by atoms with E-state index in [4.69, 9.17) is 5.21 Å². The number of thioether (sulfide) groups is 2. The van der Waals surface area contributed by atoms with Crippen molar-refractivity contribution in [1.82, 2.24) is 40.1 Å². The number of carbonyl (C=O) groups excluding carboxylic acids is 2. The van der Waals surface area contributed by atoms with Crippen molar-refractivity contribution in [2.45, 2.75) is 32.4 Å². The Morgan fingerprint density at radius 2 is 1.13 bits per heavy atom. The molecule has 0 saturated heterocycles. The van der Waals surface area contributed by atoms with Gasteiger partial charge in [-0.1, -0.05) is 89.8 Å². The van der Waals surface area contributed by atoms with Gasteiger partial charge in [0, 0.05) is 65.6 Å². The van der Waals surface area contributed by atoms with Crippen LogP contribution in [0.5, 0.6) is 0 Å². The van der Waals surface area contributed by atoms with Gasteiger partial charge in [0.1, 0.15) is 16.9 Å². The second kappa shape index (κ2) is 19.3. The summed E-state index contributed by atoms with van der Waals surface area (Å²) in [6, 6.07) is 29.5. The summed E-state index contributed by atoms with van der Waals surface area (Å²) in [5.41, 5.74) is 8.06. The number of benzene rings is 3. The van der Waals surface area contributed by atoms with Crippen LogP contribution in [0.1, 0.15) is 40.0 Å². The second-order valence-electron chi connectivity index (χ2n) is 13.1. The molecule has 300 valence electrons. The zero-order chi connectivity index (χ0) is 42.1. The second-order valence-corrected chi connectivity index (χ2v) is 17.2. The van der Waals surface area contributed by atoms with E-state index in [1.54, 1.807) is 47.6 Å². The molecule has 12 nitrogen and oxygen atoms in total. The fourth-order valence-corrected chi connectivity index (χ4v) is 9.75. The van der Waals surface area contributed by atoms with Crippen molar-refractivity contribution in [3.8, 4) is 0 Å². The maximum atomic E-state index is 11.1. The summed E-state index contributed by atoms with van der Waals surface area (Å²) in [5.74, 6) is 1.03. The third-order valence-corrected chi connectivity index (χ3v) is 13.1. The Morgan fingerprint density at radius 1 is 0.639 bits per heavy atom. The first-order valence-corrected chi connectivity index (χ1v) is 22.7. The lowest BCUT2D eigenvalue weighted by Gasteiger charge is -2.08. The average Bonchev–Trinajstić information content (AvgIpc) is 3.83. The third kappa shape index (κ3) is 9.02. The Morgan fingerprint density at radius 3 is 1.61 bits per heavy atom. The molecule has 0 aliphatic heterocycles. The lowest BCUT2D eigenvalue weighted by molar-refractivity contribution is 0.111. The van der Waals surface area contributed by atoms with Gasteiger partial charge < -0.3 is 5.21 Å². The lowest BCUT2D eigenvalue weighted by atomic mass is 10.1. The van der Waals surface area contributed by atoms with Crippen LogP contribution >= 0.6 is 46.6 Å². The smallest absolute Gasteiger partial charge is 0.178 e. The van der Waals surface area contributed by atoms with Gasteiger partial charge in [-0.15, -0.1) is 33.7 Å². The maximum absolute atomic E-state index is 11.1. The van der Waals surface area contributed by atoms with Crippen LogP contribution in [0.15, 0.2) is 139 Å². The molecule has 10 aromatic rings. The minimum absolute atomic E-state index is 0.449. The largest absolute Gasteiger partial charge is 0.411 e. The highest BCUT2D eigenvalue weighted by molar-refractivity contribution is 8.01. The number of rotatable bonds is 9. The van der Waals surface area contributed by atoms with Crippen molar-refractivity contribution in [2.75, 3.05) is 12.0 Å². The number of oxime groups is 1. The quantitative estimate of drug-likeness (QED) is 0.0363. The van der Waals surface area contributed by atoms with Gasteiger partial charge in [-0.3, -0.25) is 24.5 Å². The summed E-state index contributed by atoms with van der Waals surface area (Å²) in [4.78, 5) is 51.8. The molecule has 7 heterocycles. The highest BCUT2D eigenvalue weighted by atomic mass is 32.2. The molecule has 1 N–H and O–H groups in total. The molecule has 0 radical (unpaired) electrons. The summed E-state index contributed by atoms with van der Waals surface area (Å²) < 4.78 is 0.838. The molecule has 7 aromatic heterocycles. The molecule has 3 aromatic carbocycles. The predicted octanol–water partition coefficient (Wildman–Crippen LogP) is 11.0. The van der Waals surface area contributed by atoms with Crippen molar-refractivity contribution >= 4 is 131 Å². The normalized spacial score (nSPS) is 11.2. The predicted molar refractivity (Wildman–Crippen MR) is 248 cm³/mol. The minimum atomic E-state index is 0.449. The molecule has 0 bridgehead atoms. The SMILES string of the molecule is CCCSc1cc(C=O)nc2c1ccc1cccnc12.CSc1cc(C=O)nc2c1ccc1cccnc12.ON=Cc1cc(Sc2nncs2)c2ccc3cccnc3c2n1. The molecular weight excluding hydrogens is 843 g/mol. The zero-order valence-corrected chi connectivity index (χ0v) is 35.8. The Hall–Kier alpha value is -6.46. The molecule has 0 aliphatic carbocycles. The first kappa shape index (κ1) is 41.3. The molecule has 0 saturated carbocycles. The number of fused-ring (bicyclic) bond motifs is 9. The van der Waals surface area contributed by atoms with E-state index in [2.05, 4.69) is 64.3 Å². The van der Waals surface area contributed by atoms with Crippen molar-refractivity contribution in [3.05, 3.63) is 132 Å². The van der Waals surface area contributed by atoms with Crippen LogP contribution in [-0.4, -0.2) is 76.1 Å². The van der Waals surface area contributed by atoms with Crippen LogP contribution in [0.4, 0.5) is 0 Å². The van der Waals surface area contributed by atoms with Crippen LogP contribution in [-0.2, 0) is 0 Å². The Balaban J connectivity index is 0.000000127. The van der Waals surface area contributed by atoms with Gasteiger partial charge in [0.25, 0.3) is 0 Å². The van der Waals surface area contributed by atoms with E-state index in [1.807, 2.05) is 85.1 Å². The van der Waals surface area contributed by atoms with E-state index in [-0.39, 0.29) is 0 Å². The van der Waals surface area contributed by atoms with E-state index in [1.165, 1.54) is 29.3 Å². The highest BCUT2D eigenvalue weighted by Gasteiger charge is 2.13. The molecule has 0 fully saturated rings. The van der Waals surface area contributed by atoms with Crippen LogP contribution in [0, 0.1) is 0 Å². The summed E-state index contributed by atoms with van der Waals surface area (Å²) >= 11 is 6.35. The molecule has 0 aliphatic rings. The number of carbonyl (C=O) groups is 2. The van der Waals surface area contributed by atoms with E-state index in [9.17, 15) is 9.59 Å². The van der Waals surface area contributed by atoms with E-state index >= 15 is 0 Å². The van der Waals surface area contributed by atoms with Crippen molar-refractivity contribution < 1.29 is 14.8 Å². The lowest BCUT2D eigenvalue weighted by Crippen LogP contribution is -1.93. The highest BCUT2D eigenvalue weighted by Crippen LogP contribution is 2.36. The van der Waals surface area contributed by atoms with Crippen LogP contribution < -0.4 is 0 Å². The Kier molecular flexibility index (Phi) is 13.1. The van der Waals surface area contributed by atoms with Crippen LogP contribution in [0.25, 0.3) is 65.4 Å². The molecule has 0 unspecified atom stereocenters. The van der Waals surface area contributed by atoms with Gasteiger partial charge in [0.05, 0.1) is 45.0 Å². The van der Waals surface area contributed by atoms with Gasteiger partial charge in [0.2, 0.25) is 0 Å². The summed E-state index contributed by atoms with van der Waals surface area (Å²) in [7, 11) is 0. The number of aromatic nitrogens is 8. The first-order chi connectivity index (χ1) is 30.0. The number of hydrogen-bond donors (Lipinski definition) is 1. The standard InChI is InChI=1S/C16H14N2OS.C15H9N5OS2.C14H10N2OS/c1-2-8-20-14-9-12(10-19)18-16-13(14)6-5-11-4-3-7-17-15(11)16;21-18-7-10-6-12(23-15-20-17-8-22-15)11-4-3-9-2-1-5-16-13(9)14(11)19-10;1-18-12-7-10(8-17)16-14-11(12)5-4-9-3-2-6-15-13(9)14/h3-7,9-10H,2,8H2,1H3;1-8,21H;2-8H,1H3. The van der Waals surface area contributed by atoms with E-state index in [0.29, 0.717) is 17.1 Å². The molecule has 0 atom stereocenters. The van der Waals surface area contributed by atoms with Crippen molar-refractivity contribution in [2.24, 2.45) is 5.16 Å². The van der Waals surface area contributed by atoms with Gasteiger partial charge in [-0.05, 0) is 54.8 Å². The molecule has 10 rings (SSSR count). The van der Waals surface area contributed by atoms with Crippen LogP contribution in [0.3, 0.4) is 0 Å². The molecular formula is C45H33N9O3S4. The van der Waals surface area contributed by atoms with Crippen LogP contribution in [0.2, 0.25) is 0 Å². The summed E-state index contributed by atoms with van der Waals surface area (Å²) in [5, 5.41) is 26.0. The topological polar surface area (TPSA) is 170 Å². The fourth-order valence-electron chi connectivity index (χ4n) is 6.58. The Labute approximate surface area is 365 Å². The van der Waals surface area contributed by atoms with Crippen molar-refractivity contribution in [3.63, 3.8) is 0 Å². The molecule has 0 spiro atoms. The zero-order valence-electron chi connectivity index (χ0n) is 32.5. The maximum Gasteiger partial charge on any atom is 0.178 e. The molecule has 61 heavy (non-hydrogen) atoms. The van der Waals surface area contributed by atoms with Gasteiger partial charge >= 0.3 is 0 Å². The van der Waals surface area contributed by atoms with Gasteiger partial charge in [-0.25, -0.2) is 15.0 Å². The first-order valence-electron chi connectivity index (χ1n) is 18.8. The summed E-state index contributed by atoms with van der Waals surface area (Å²) in [6.45, 7) is 2.15. The number of aldehydes is 2. The Bertz CT molecular complexity index is 3240. The van der Waals surface area contributed by atoms with E-state index in [0.717, 1.165) is 109 Å². The third-order valence-electron chi connectivity index (χ3n) is 9.25. The van der Waals surface area contributed by atoms with E-state index < -0.39 is 0 Å². The molecule has 0 amide bonds. The average molecular weight is 876 g/mol. The monoisotopic (exact) mass is 875 g/mol. The minimum Gasteiger partial charge on any atom is -0.411 e. The van der Waals surface area contributed by atoms with Gasteiger partial charge in [0.15, 0.2) is 16.9 Å². The number of pyridine rings is 6. The number of hydrogen-bond acceptors (Lipinski definition) is 16. The molecule has 16 heteroatoms. The summed E-state index contributed by atoms with van der Waals surface area (Å²) in [6.07, 6.45) is 11.2. The fraction of sp³-hybridized carbons (Fsp3) is 0.0889. The van der Waals surface area contributed by atoms with Gasteiger partial charge in [-0.2, -0.15) is 0 Å².